The lowest BCUT2D eigenvalue weighted by atomic mass is 9.88. The van der Waals surface area contributed by atoms with Gasteiger partial charge in [-0.2, -0.15) is 0 Å². The minimum Gasteiger partial charge on any atom is -0.327 e. The smallest absolute Gasteiger partial charge is 0.0409 e. The van der Waals surface area contributed by atoms with Crippen LogP contribution in [0.4, 0.5) is 0 Å². The van der Waals surface area contributed by atoms with Crippen LogP contribution in [0.5, 0.6) is 0 Å². The lowest BCUT2D eigenvalue weighted by Gasteiger charge is -2.41. The van der Waals surface area contributed by atoms with Crippen molar-refractivity contribution in [3.05, 3.63) is 34.9 Å². The summed E-state index contributed by atoms with van der Waals surface area (Å²) in [4.78, 5) is 2.59. The maximum atomic E-state index is 6.21. The first-order valence-corrected chi connectivity index (χ1v) is 7.78. The average Bonchev–Trinajstić information content (AvgIpc) is 2.41. The Morgan fingerprint density at radius 3 is 2.84 bits per heavy atom. The van der Waals surface area contributed by atoms with Crippen LogP contribution in [0.2, 0.25) is 5.02 Å². The molecular formula is C16H25ClN2. The molecule has 0 amide bonds. The highest BCUT2D eigenvalue weighted by Crippen LogP contribution is 2.31. The highest BCUT2D eigenvalue weighted by Gasteiger charge is 2.29. The summed E-state index contributed by atoms with van der Waals surface area (Å²) in [5.41, 5.74) is 7.54. The van der Waals surface area contributed by atoms with Crippen molar-refractivity contribution in [1.82, 2.24) is 4.90 Å². The van der Waals surface area contributed by atoms with Gasteiger partial charge < -0.3 is 5.73 Å². The van der Waals surface area contributed by atoms with E-state index in [-0.39, 0.29) is 0 Å². The second kappa shape index (κ2) is 6.74. The first kappa shape index (κ1) is 14.8. The number of hydrogen-bond acceptors (Lipinski definition) is 2. The summed E-state index contributed by atoms with van der Waals surface area (Å²) in [6.45, 7) is 6.71. The van der Waals surface area contributed by atoms with E-state index in [1.165, 1.54) is 12.0 Å². The van der Waals surface area contributed by atoms with Crippen LogP contribution < -0.4 is 5.73 Å². The fraction of sp³-hybridized carbons (Fsp3) is 0.625. The normalized spacial score (nSPS) is 26.3. The molecule has 0 radical (unpaired) electrons. The summed E-state index contributed by atoms with van der Waals surface area (Å²) in [5, 5.41) is 0.830. The van der Waals surface area contributed by atoms with Crippen molar-refractivity contribution in [2.45, 2.75) is 45.2 Å². The van der Waals surface area contributed by atoms with Gasteiger partial charge in [0, 0.05) is 30.2 Å². The summed E-state index contributed by atoms with van der Waals surface area (Å²) < 4.78 is 0. The van der Waals surface area contributed by atoms with E-state index in [4.69, 9.17) is 17.3 Å². The van der Waals surface area contributed by atoms with E-state index in [0.717, 1.165) is 31.0 Å². The van der Waals surface area contributed by atoms with E-state index in [0.29, 0.717) is 18.0 Å². The molecule has 1 aliphatic rings. The summed E-state index contributed by atoms with van der Waals surface area (Å²) in [6, 6.07) is 9.13. The summed E-state index contributed by atoms with van der Waals surface area (Å²) in [5.74, 6) is 0.627. The molecule has 3 unspecified atom stereocenters. The number of piperidine rings is 1. The molecule has 0 saturated carbocycles. The van der Waals surface area contributed by atoms with Gasteiger partial charge in [0.05, 0.1) is 0 Å². The second-order valence-electron chi connectivity index (χ2n) is 5.59. The van der Waals surface area contributed by atoms with E-state index < -0.39 is 0 Å². The molecule has 2 N–H and O–H groups in total. The van der Waals surface area contributed by atoms with Crippen molar-refractivity contribution >= 4 is 11.6 Å². The summed E-state index contributed by atoms with van der Waals surface area (Å²) >= 11 is 6.13. The Morgan fingerprint density at radius 2 is 2.21 bits per heavy atom. The number of rotatable bonds is 4. The van der Waals surface area contributed by atoms with Gasteiger partial charge in [-0.05, 0) is 36.5 Å². The third-order valence-electron chi connectivity index (χ3n) is 4.41. The van der Waals surface area contributed by atoms with E-state index in [2.05, 4.69) is 30.9 Å². The zero-order chi connectivity index (χ0) is 13.8. The van der Waals surface area contributed by atoms with Crippen LogP contribution in [0.15, 0.2) is 24.3 Å². The Kier molecular flexibility index (Phi) is 5.26. The predicted molar refractivity (Wildman–Crippen MR) is 82.4 cm³/mol. The summed E-state index contributed by atoms with van der Waals surface area (Å²) in [7, 11) is 0. The predicted octanol–water partition coefficient (Wildman–Crippen LogP) is 3.85. The fourth-order valence-corrected chi connectivity index (χ4v) is 3.41. The zero-order valence-corrected chi connectivity index (χ0v) is 12.7. The molecule has 1 saturated heterocycles. The van der Waals surface area contributed by atoms with Crippen LogP contribution in [-0.4, -0.2) is 24.0 Å². The number of hydrogen-bond donors (Lipinski definition) is 1. The molecule has 3 heteroatoms. The highest BCUT2D eigenvalue weighted by atomic mass is 35.5. The van der Waals surface area contributed by atoms with Gasteiger partial charge in [-0.25, -0.2) is 0 Å². The SMILES string of the molecule is CCC1CN(C(CC)c2cccc(Cl)c2)CCC1N. The quantitative estimate of drug-likeness (QED) is 0.908. The van der Waals surface area contributed by atoms with Crippen LogP contribution in [0.1, 0.15) is 44.7 Å². The topological polar surface area (TPSA) is 29.3 Å². The monoisotopic (exact) mass is 280 g/mol. The van der Waals surface area contributed by atoms with Crippen LogP contribution >= 0.6 is 11.6 Å². The van der Waals surface area contributed by atoms with Crippen LogP contribution in [0.25, 0.3) is 0 Å². The molecule has 0 bridgehead atoms. The molecule has 1 aromatic rings. The molecule has 3 atom stereocenters. The lowest BCUT2D eigenvalue weighted by molar-refractivity contribution is 0.104. The Hall–Kier alpha value is -0.570. The van der Waals surface area contributed by atoms with Crippen molar-refractivity contribution < 1.29 is 0 Å². The van der Waals surface area contributed by atoms with Crippen LogP contribution in [0.3, 0.4) is 0 Å². The molecule has 19 heavy (non-hydrogen) atoms. The maximum Gasteiger partial charge on any atom is 0.0409 e. The number of benzene rings is 1. The van der Waals surface area contributed by atoms with Crippen molar-refractivity contribution in [2.24, 2.45) is 11.7 Å². The molecule has 106 valence electrons. The molecule has 1 aromatic carbocycles. The zero-order valence-electron chi connectivity index (χ0n) is 12.0. The Balaban J connectivity index is 2.14. The molecule has 1 aliphatic heterocycles. The number of nitrogens with two attached hydrogens (primary N) is 1. The number of nitrogens with zero attached hydrogens (tertiary/aromatic N) is 1. The van der Waals surface area contributed by atoms with Gasteiger partial charge in [0.15, 0.2) is 0 Å². The largest absolute Gasteiger partial charge is 0.327 e. The van der Waals surface area contributed by atoms with Crippen molar-refractivity contribution in [3.8, 4) is 0 Å². The second-order valence-corrected chi connectivity index (χ2v) is 6.03. The highest BCUT2D eigenvalue weighted by molar-refractivity contribution is 6.30. The first-order valence-electron chi connectivity index (χ1n) is 7.40. The Morgan fingerprint density at radius 1 is 1.42 bits per heavy atom. The Labute approximate surface area is 121 Å². The van der Waals surface area contributed by atoms with Crippen molar-refractivity contribution in [2.75, 3.05) is 13.1 Å². The molecule has 0 spiro atoms. The lowest BCUT2D eigenvalue weighted by Crippen LogP contribution is -2.47. The number of likely N-dealkylation sites (tertiary alicyclic amines) is 1. The van der Waals surface area contributed by atoms with Crippen LogP contribution in [-0.2, 0) is 0 Å². The Bertz CT molecular complexity index is 407. The molecule has 0 aromatic heterocycles. The third kappa shape index (κ3) is 3.50. The van der Waals surface area contributed by atoms with E-state index >= 15 is 0 Å². The molecule has 2 rings (SSSR count). The first-order chi connectivity index (χ1) is 9.15. The van der Waals surface area contributed by atoms with E-state index in [1.54, 1.807) is 0 Å². The third-order valence-corrected chi connectivity index (χ3v) is 4.64. The number of halogens is 1. The fourth-order valence-electron chi connectivity index (χ4n) is 3.21. The van der Waals surface area contributed by atoms with Gasteiger partial charge in [0.2, 0.25) is 0 Å². The van der Waals surface area contributed by atoms with Crippen molar-refractivity contribution in [1.29, 1.82) is 0 Å². The maximum absolute atomic E-state index is 6.21. The minimum atomic E-state index is 0.373. The molecule has 1 fully saturated rings. The van der Waals surface area contributed by atoms with E-state index in [9.17, 15) is 0 Å². The molecular weight excluding hydrogens is 256 g/mol. The van der Waals surface area contributed by atoms with Gasteiger partial charge in [0.1, 0.15) is 0 Å². The molecule has 2 nitrogen and oxygen atoms in total. The summed E-state index contributed by atoms with van der Waals surface area (Å²) in [6.07, 6.45) is 3.39. The van der Waals surface area contributed by atoms with Crippen molar-refractivity contribution in [3.63, 3.8) is 0 Å². The van der Waals surface area contributed by atoms with E-state index in [1.807, 2.05) is 12.1 Å². The van der Waals surface area contributed by atoms with Gasteiger partial charge >= 0.3 is 0 Å². The molecule has 0 aliphatic carbocycles. The van der Waals surface area contributed by atoms with Crippen LogP contribution in [0, 0.1) is 5.92 Å². The van der Waals surface area contributed by atoms with Gasteiger partial charge in [-0.15, -0.1) is 0 Å². The van der Waals surface area contributed by atoms with Gasteiger partial charge in [0.25, 0.3) is 0 Å². The van der Waals surface area contributed by atoms with Gasteiger partial charge in [-0.1, -0.05) is 44.0 Å². The molecule has 1 heterocycles. The standard InChI is InChI=1S/C16H25ClN2/c1-3-12-11-19(9-8-15(12)18)16(4-2)13-6-5-7-14(17)10-13/h5-7,10,12,15-16H,3-4,8-9,11,18H2,1-2H3. The minimum absolute atomic E-state index is 0.373. The van der Waals surface area contributed by atoms with Gasteiger partial charge in [-0.3, -0.25) is 4.90 Å². The average molecular weight is 281 g/mol.